The van der Waals surface area contributed by atoms with Gasteiger partial charge in [0.25, 0.3) is 0 Å². The van der Waals surface area contributed by atoms with Crippen LogP contribution in [0.4, 0.5) is 0 Å². The minimum absolute atomic E-state index is 0.862. The summed E-state index contributed by atoms with van der Waals surface area (Å²) in [6.07, 6.45) is 5.37. The molecule has 0 radical (unpaired) electrons. The van der Waals surface area contributed by atoms with E-state index in [2.05, 4.69) is 36.1 Å². The number of rotatable bonds is 10. The maximum absolute atomic E-state index is 3.58. The summed E-state index contributed by atoms with van der Waals surface area (Å²) in [7, 11) is 4.30. The van der Waals surface area contributed by atoms with E-state index in [1.165, 1.54) is 58.4 Å². The third-order valence-corrected chi connectivity index (χ3v) is 3.06. The van der Waals surface area contributed by atoms with Gasteiger partial charge >= 0.3 is 0 Å². The minimum atomic E-state index is 0.862. The molecule has 0 aromatic rings. The first kappa shape index (κ1) is 13.9. The highest BCUT2D eigenvalue weighted by atomic mass is 15.2. The van der Waals surface area contributed by atoms with Crippen LogP contribution in [-0.4, -0.2) is 62.7 Å². The number of likely N-dealkylation sites (N-methyl/N-ethyl adjacent to an activating group) is 1. The van der Waals surface area contributed by atoms with Crippen molar-refractivity contribution < 1.29 is 0 Å². The topological polar surface area (TPSA) is 18.5 Å². The Morgan fingerprint density at radius 3 is 2.38 bits per heavy atom. The van der Waals surface area contributed by atoms with Crippen LogP contribution in [-0.2, 0) is 0 Å². The zero-order chi connectivity index (χ0) is 11.8. The van der Waals surface area contributed by atoms with Gasteiger partial charge in [0.1, 0.15) is 0 Å². The lowest BCUT2D eigenvalue weighted by atomic mass is 10.3. The van der Waals surface area contributed by atoms with Crippen LogP contribution >= 0.6 is 0 Å². The molecule has 0 spiro atoms. The second-order valence-electron chi connectivity index (χ2n) is 5.23. The van der Waals surface area contributed by atoms with Gasteiger partial charge in [-0.1, -0.05) is 6.92 Å². The first-order valence-electron chi connectivity index (χ1n) is 6.83. The molecule has 0 amide bonds. The first-order chi connectivity index (χ1) is 7.72. The fourth-order valence-electron chi connectivity index (χ4n) is 1.89. The summed E-state index contributed by atoms with van der Waals surface area (Å²) >= 11 is 0. The van der Waals surface area contributed by atoms with E-state index in [0.717, 1.165) is 6.04 Å². The molecule has 0 atom stereocenters. The van der Waals surface area contributed by atoms with Gasteiger partial charge in [-0.3, -0.25) is 0 Å². The van der Waals surface area contributed by atoms with Crippen LogP contribution in [0.5, 0.6) is 0 Å². The Balaban J connectivity index is 2.00. The third kappa shape index (κ3) is 7.20. The largest absolute Gasteiger partial charge is 0.314 e. The van der Waals surface area contributed by atoms with Crippen LogP contribution in [0.25, 0.3) is 0 Å². The molecular weight excluding hydrogens is 198 g/mol. The zero-order valence-electron chi connectivity index (χ0n) is 11.3. The number of hydrogen-bond acceptors (Lipinski definition) is 3. The SMILES string of the molecule is CCCN(CCCNC1CC1)CCN(C)C. The smallest absolute Gasteiger partial charge is 0.0109 e. The molecule has 1 aliphatic rings. The quantitative estimate of drug-likeness (QED) is 0.569. The summed E-state index contributed by atoms with van der Waals surface area (Å²) < 4.78 is 0. The summed E-state index contributed by atoms with van der Waals surface area (Å²) in [6, 6.07) is 0.862. The fraction of sp³-hybridized carbons (Fsp3) is 1.00. The van der Waals surface area contributed by atoms with Crippen molar-refractivity contribution in [2.45, 2.75) is 38.6 Å². The van der Waals surface area contributed by atoms with Crippen LogP contribution in [0.3, 0.4) is 0 Å². The average Bonchev–Trinajstić information content (AvgIpc) is 3.04. The first-order valence-corrected chi connectivity index (χ1v) is 6.83. The highest BCUT2D eigenvalue weighted by Crippen LogP contribution is 2.18. The molecule has 96 valence electrons. The highest BCUT2D eigenvalue weighted by Gasteiger charge is 2.19. The summed E-state index contributed by atoms with van der Waals surface area (Å²) in [5.74, 6) is 0. The van der Waals surface area contributed by atoms with Crippen molar-refractivity contribution in [2.75, 3.05) is 46.8 Å². The van der Waals surface area contributed by atoms with Crippen molar-refractivity contribution in [2.24, 2.45) is 0 Å². The molecule has 0 heterocycles. The van der Waals surface area contributed by atoms with Gasteiger partial charge in [-0.05, 0) is 59.4 Å². The fourth-order valence-corrected chi connectivity index (χ4v) is 1.89. The van der Waals surface area contributed by atoms with Crippen LogP contribution in [0.1, 0.15) is 32.6 Å². The Hall–Kier alpha value is -0.120. The summed E-state index contributed by atoms with van der Waals surface area (Å²) in [5.41, 5.74) is 0. The van der Waals surface area contributed by atoms with Gasteiger partial charge in [-0.15, -0.1) is 0 Å². The van der Waals surface area contributed by atoms with Crippen LogP contribution < -0.4 is 5.32 Å². The minimum Gasteiger partial charge on any atom is -0.314 e. The van der Waals surface area contributed by atoms with Crippen molar-refractivity contribution in [1.29, 1.82) is 0 Å². The molecule has 1 N–H and O–H groups in total. The van der Waals surface area contributed by atoms with E-state index < -0.39 is 0 Å². The molecule has 0 unspecified atom stereocenters. The van der Waals surface area contributed by atoms with Gasteiger partial charge in [0, 0.05) is 19.1 Å². The molecule has 0 aliphatic heterocycles. The molecule has 0 aromatic heterocycles. The normalized spacial score (nSPS) is 16.3. The van der Waals surface area contributed by atoms with Gasteiger partial charge in [-0.25, -0.2) is 0 Å². The summed E-state index contributed by atoms with van der Waals surface area (Å²) in [5, 5.41) is 3.58. The Morgan fingerprint density at radius 2 is 1.81 bits per heavy atom. The van der Waals surface area contributed by atoms with Gasteiger partial charge in [0.05, 0.1) is 0 Å². The molecule has 1 aliphatic carbocycles. The second kappa shape index (κ2) is 8.04. The van der Waals surface area contributed by atoms with E-state index >= 15 is 0 Å². The average molecular weight is 227 g/mol. The van der Waals surface area contributed by atoms with Crippen molar-refractivity contribution in [3.63, 3.8) is 0 Å². The number of nitrogens with one attached hydrogen (secondary N) is 1. The standard InChI is InChI=1S/C13H29N3/c1-4-9-16(12-11-15(2)3)10-5-8-14-13-6-7-13/h13-14H,4-12H2,1-3H3. The maximum Gasteiger partial charge on any atom is 0.0109 e. The Kier molecular flexibility index (Phi) is 7.01. The predicted octanol–water partition coefficient (Wildman–Crippen LogP) is 1.40. The molecular formula is C13H29N3. The van der Waals surface area contributed by atoms with Gasteiger partial charge < -0.3 is 15.1 Å². The second-order valence-corrected chi connectivity index (χ2v) is 5.23. The monoisotopic (exact) mass is 227 g/mol. The van der Waals surface area contributed by atoms with Crippen LogP contribution in [0.2, 0.25) is 0 Å². The van der Waals surface area contributed by atoms with E-state index in [1.807, 2.05) is 0 Å². The summed E-state index contributed by atoms with van der Waals surface area (Å²) in [4.78, 5) is 4.86. The Morgan fingerprint density at radius 1 is 1.06 bits per heavy atom. The molecule has 1 rings (SSSR count). The number of nitrogens with zero attached hydrogens (tertiary/aromatic N) is 2. The molecule has 1 fully saturated rings. The third-order valence-electron chi connectivity index (χ3n) is 3.06. The van der Waals surface area contributed by atoms with E-state index in [9.17, 15) is 0 Å². The van der Waals surface area contributed by atoms with Crippen molar-refractivity contribution in [3.05, 3.63) is 0 Å². The van der Waals surface area contributed by atoms with Gasteiger partial charge in [0.15, 0.2) is 0 Å². The van der Waals surface area contributed by atoms with Crippen molar-refractivity contribution >= 4 is 0 Å². The molecule has 3 heteroatoms. The van der Waals surface area contributed by atoms with E-state index in [4.69, 9.17) is 0 Å². The zero-order valence-corrected chi connectivity index (χ0v) is 11.3. The maximum atomic E-state index is 3.58. The van der Waals surface area contributed by atoms with Crippen LogP contribution in [0, 0.1) is 0 Å². The molecule has 0 saturated heterocycles. The van der Waals surface area contributed by atoms with Crippen molar-refractivity contribution in [1.82, 2.24) is 15.1 Å². The highest BCUT2D eigenvalue weighted by molar-refractivity contribution is 4.80. The predicted molar refractivity (Wildman–Crippen MR) is 70.9 cm³/mol. The lowest BCUT2D eigenvalue weighted by Crippen LogP contribution is -2.34. The molecule has 1 saturated carbocycles. The molecule has 16 heavy (non-hydrogen) atoms. The molecule has 0 aromatic carbocycles. The van der Waals surface area contributed by atoms with E-state index in [-0.39, 0.29) is 0 Å². The summed E-state index contributed by atoms with van der Waals surface area (Å²) in [6.45, 7) is 8.36. The Bertz CT molecular complexity index is 167. The lowest BCUT2D eigenvalue weighted by Gasteiger charge is -2.23. The van der Waals surface area contributed by atoms with Gasteiger partial charge in [0.2, 0.25) is 0 Å². The lowest BCUT2D eigenvalue weighted by molar-refractivity contribution is 0.238. The van der Waals surface area contributed by atoms with Gasteiger partial charge in [-0.2, -0.15) is 0 Å². The van der Waals surface area contributed by atoms with E-state index in [0.29, 0.717) is 0 Å². The molecule has 0 bridgehead atoms. The van der Waals surface area contributed by atoms with E-state index in [1.54, 1.807) is 0 Å². The van der Waals surface area contributed by atoms with Crippen LogP contribution in [0.15, 0.2) is 0 Å². The van der Waals surface area contributed by atoms with Crippen molar-refractivity contribution in [3.8, 4) is 0 Å². The molecule has 3 nitrogen and oxygen atoms in total. The Labute approximate surface area is 101 Å². The number of hydrogen-bond donors (Lipinski definition) is 1.